The molecule has 5 heteroatoms. The summed E-state index contributed by atoms with van der Waals surface area (Å²) in [5.41, 5.74) is 0.918. The minimum atomic E-state index is -3.19. The van der Waals surface area contributed by atoms with E-state index in [-0.39, 0.29) is 6.16 Å². The van der Waals surface area contributed by atoms with E-state index in [1.54, 1.807) is 12.1 Å². The summed E-state index contributed by atoms with van der Waals surface area (Å²) >= 11 is 3.38. The van der Waals surface area contributed by atoms with Crippen molar-refractivity contribution in [1.82, 2.24) is 0 Å². The normalized spacial score (nSPS) is 13.7. The molecule has 0 N–H and O–H groups in total. The third kappa shape index (κ3) is 4.48. The molecule has 1 atom stereocenters. The Hall–Kier alpha value is -1.09. The lowest BCUT2D eigenvalue weighted by Gasteiger charge is -2.18. The molecule has 0 saturated heterocycles. The van der Waals surface area contributed by atoms with E-state index in [0.717, 1.165) is 10.0 Å². The van der Waals surface area contributed by atoms with Crippen molar-refractivity contribution >= 4 is 23.5 Å². The van der Waals surface area contributed by atoms with Gasteiger partial charge >= 0.3 is 7.60 Å². The summed E-state index contributed by atoms with van der Waals surface area (Å²) in [6.07, 6.45) is 0.253. The zero-order valence-electron chi connectivity index (χ0n) is 11.2. The topological polar surface area (TPSA) is 35.5 Å². The van der Waals surface area contributed by atoms with Crippen molar-refractivity contribution in [2.24, 2.45) is 0 Å². The summed E-state index contributed by atoms with van der Waals surface area (Å²) in [6, 6.07) is 16.7. The van der Waals surface area contributed by atoms with Gasteiger partial charge < -0.3 is 4.52 Å². The maximum atomic E-state index is 12.8. The summed E-state index contributed by atoms with van der Waals surface area (Å²) in [5, 5.41) is 0. The van der Waals surface area contributed by atoms with Crippen molar-refractivity contribution in [3.8, 4) is 5.75 Å². The quantitative estimate of drug-likeness (QED) is 0.664. The second-order valence-corrected chi connectivity index (χ2v) is 7.11. The lowest BCUT2D eigenvalue weighted by Crippen LogP contribution is -2.01. The van der Waals surface area contributed by atoms with Gasteiger partial charge in [-0.2, -0.15) is 0 Å². The molecule has 2 rings (SSSR count). The largest absolute Gasteiger partial charge is 0.424 e. The predicted molar refractivity (Wildman–Crippen MR) is 84.1 cm³/mol. The highest BCUT2D eigenvalue weighted by Crippen LogP contribution is 2.51. The highest BCUT2D eigenvalue weighted by Gasteiger charge is 2.26. The fourth-order valence-corrected chi connectivity index (χ4v) is 3.72. The van der Waals surface area contributed by atoms with Crippen LogP contribution >= 0.6 is 23.5 Å². The second-order valence-electron chi connectivity index (χ2n) is 4.22. The Morgan fingerprint density at radius 3 is 2.30 bits per heavy atom. The molecule has 0 radical (unpaired) electrons. The smallest absolute Gasteiger partial charge is 0.383 e. The van der Waals surface area contributed by atoms with Gasteiger partial charge in [-0.15, -0.1) is 0 Å². The van der Waals surface area contributed by atoms with E-state index in [9.17, 15) is 4.57 Å². The zero-order chi connectivity index (χ0) is 14.4. The Bertz CT molecular complexity index is 584. The fourth-order valence-electron chi connectivity index (χ4n) is 1.76. The molecule has 2 aromatic rings. The molecule has 0 aliphatic rings. The summed E-state index contributed by atoms with van der Waals surface area (Å²) in [7, 11) is -3.19. The number of para-hydroxylation sites is 1. The Labute approximate surface area is 127 Å². The third-order valence-corrected chi connectivity index (χ3v) is 5.02. The van der Waals surface area contributed by atoms with Gasteiger partial charge in [0, 0.05) is 4.47 Å². The second kappa shape index (κ2) is 7.07. The lowest BCUT2D eigenvalue weighted by atomic mass is 10.2. The van der Waals surface area contributed by atoms with Crippen molar-refractivity contribution in [2.75, 3.05) is 6.61 Å². The van der Waals surface area contributed by atoms with Crippen molar-refractivity contribution in [2.45, 2.75) is 13.1 Å². The van der Waals surface area contributed by atoms with E-state index >= 15 is 0 Å². The van der Waals surface area contributed by atoms with E-state index < -0.39 is 7.60 Å². The van der Waals surface area contributed by atoms with Crippen LogP contribution in [0.25, 0.3) is 0 Å². The van der Waals surface area contributed by atoms with Gasteiger partial charge in [-0.3, -0.25) is 4.52 Å². The molecule has 0 aliphatic heterocycles. The molecule has 0 fully saturated rings. The molecule has 0 bridgehead atoms. The maximum absolute atomic E-state index is 12.8. The molecule has 2 aromatic carbocycles. The van der Waals surface area contributed by atoms with Crippen LogP contribution in [0, 0.1) is 0 Å². The van der Waals surface area contributed by atoms with Crippen LogP contribution in [-0.2, 0) is 15.3 Å². The van der Waals surface area contributed by atoms with Crippen LogP contribution in [0.4, 0.5) is 0 Å². The molecular formula is C15H16BrO3P. The van der Waals surface area contributed by atoms with E-state index in [1.165, 1.54) is 0 Å². The molecule has 0 aromatic heterocycles. The first-order valence-electron chi connectivity index (χ1n) is 6.34. The monoisotopic (exact) mass is 354 g/mol. The first-order chi connectivity index (χ1) is 9.61. The maximum Gasteiger partial charge on any atom is 0.383 e. The van der Waals surface area contributed by atoms with Gasteiger partial charge in [0.15, 0.2) is 0 Å². The minimum absolute atomic E-state index is 0.253. The molecule has 0 heterocycles. The van der Waals surface area contributed by atoms with Gasteiger partial charge in [-0.05, 0) is 36.8 Å². The third-order valence-electron chi connectivity index (χ3n) is 2.60. The Kier molecular flexibility index (Phi) is 5.41. The minimum Gasteiger partial charge on any atom is -0.424 e. The summed E-state index contributed by atoms with van der Waals surface area (Å²) in [6.45, 7) is 2.16. The molecule has 0 amide bonds. The lowest BCUT2D eigenvalue weighted by molar-refractivity contribution is 0.278. The van der Waals surface area contributed by atoms with Crippen LogP contribution in [0.3, 0.4) is 0 Å². The van der Waals surface area contributed by atoms with Gasteiger partial charge in [0.05, 0.1) is 12.8 Å². The van der Waals surface area contributed by atoms with E-state index in [2.05, 4.69) is 15.9 Å². The van der Waals surface area contributed by atoms with Gasteiger partial charge in [-0.25, -0.2) is 4.57 Å². The summed E-state index contributed by atoms with van der Waals surface area (Å²) in [5.74, 6) is 0.557. The molecule has 1 unspecified atom stereocenters. The van der Waals surface area contributed by atoms with Crippen LogP contribution in [0.1, 0.15) is 12.5 Å². The van der Waals surface area contributed by atoms with E-state index in [4.69, 9.17) is 9.05 Å². The summed E-state index contributed by atoms with van der Waals surface area (Å²) in [4.78, 5) is 0. The van der Waals surface area contributed by atoms with Crippen molar-refractivity contribution in [3.05, 3.63) is 64.6 Å². The number of hydrogen-bond donors (Lipinski definition) is 0. The van der Waals surface area contributed by atoms with Crippen molar-refractivity contribution in [1.29, 1.82) is 0 Å². The zero-order valence-corrected chi connectivity index (χ0v) is 13.6. The Morgan fingerprint density at radius 1 is 1.05 bits per heavy atom. The van der Waals surface area contributed by atoms with Crippen LogP contribution in [0.2, 0.25) is 0 Å². The van der Waals surface area contributed by atoms with E-state index in [0.29, 0.717) is 12.4 Å². The van der Waals surface area contributed by atoms with Crippen molar-refractivity contribution < 1.29 is 13.6 Å². The summed E-state index contributed by atoms with van der Waals surface area (Å²) < 4.78 is 24.8. The number of halogens is 1. The first-order valence-corrected chi connectivity index (χ1v) is 8.86. The van der Waals surface area contributed by atoms with Crippen molar-refractivity contribution in [3.63, 3.8) is 0 Å². The van der Waals surface area contributed by atoms with Gasteiger partial charge in [0.25, 0.3) is 0 Å². The van der Waals surface area contributed by atoms with Crippen LogP contribution in [-0.4, -0.2) is 6.61 Å². The SMILES string of the molecule is CCOP(=O)(Cc1ccc(Br)cc1)Oc1ccccc1. The molecule has 3 nitrogen and oxygen atoms in total. The molecule has 0 saturated carbocycles. The molecule has 0 spiro atoms. The molecule has 20 heavy (non-hydrogen) atoms. The average Bonchev–Trinajstić information content (AvgIpc) is 2.42. The highest BCUT2D eigenvalue weighted by atomic mass is 79.9. The van der Waals surface area contributed by atoms with Crippen LogP contribution in [0.5, 0.6) is 5.75 Å². The van der Waals surface area contributed by atoms with Crippen LogP contribution < -0.4 is 4.52 Å². The van der Waals surface area contributed by atoms with Gasteiger partial charge in [-0.1, -0.05) is 46.3 Å². The fraction of sp³-hybridized carbons (Fsp3) is 0.200. The standard InChI is InChI=1S/C15H16BrO3P/c1-2-18-20(17,19-15-6-4-3-5-7-15)12-13-8-10-14(16)11-9-13/h3-11H,2,12H2,1H3. The molecule has 0 aliphatic carbocycles. The average molecular weight is 355 g/mol. The first kappa shape index (κ1) is 15.3. The molecular weight excluding hydrogens is 339 g/mol. The number of benzene rings is 2. The van der Waals surface area contributed by atoms with Gasteiger partial charge in [0.2, 0.25) is 0 Å². The predicted octanol–water partition coefficient (Wildman–Crippen LogP) is 5.26. The number of rotatable bonds is 6. The Morgan fingerprint density at radius 2 is 1.70 bits per heavy atom. The number of hydrogen-bond acceptors (Lipinski definition) is 3. The van der Waals surface area contributed by atoms with Crippen LogP contribution in [0.15, 0.2) is 59.1 Å². The Balaban J connectivity index is 2.16. The van der Waals surface area contributed by atoms with Gasteiger partial charge in [0.1, 0.15) is 5.75 Å². The highest BCUT2D eigenvalue weighted by molar-refractivity contribution is 9.10. The molecule has 106 valence electrons. The van der Waals surface area contributed by atoms with E-state index in [1.807, 2.05) is 49.4 Å².